The van der Waals surface area contributed by atoms with Gasteiger partial charge in [0.25, 0.3) is 0 Å². The molecule has 2 N–H and O–H groups in total. The summed E-state index contributed by atoms with van der Waals surface area (Å²) in [6.45, 7) is 3.93. The first-order valence-corrected chi connectivity index (χ1v) is 5.25. The Morgan fingerprint density at radius 2 is 1.69 bits per heavy atom. The van der Waals surface area contributed by atoms with Gasteiger partial charge in [-0.2, -0.15) is 0 Å². The molecule has 4 nitrogen and oxygen atoms in total. The normalized spacial score (nSPS) is 9.88. The van der Waals surface area contributed by atoms with Crippen molar-refractivity contribution in [2.75, 3.05) is 5.32 Å². The number of benzene rings is 1. The van der Waals surface area contributed by atoms with E-state index in [4.69, 9.17) is 5.11 Å². The van der Waals surface area contributed by atoms with Crippen molar-refractivity contribution < 1.29 is 14.7 Å². The molecule has 0 radical (unpaired) electrons. The van der Waals surface area contributed by atoms with Crippen molar-refractivity contribution in [3.63, 3.8) is 0 Å². The lowest BCUT2D eigenvalue weighted by Gasteiger charge is -2.12. The zero-order chi connectivity index (χ0) is 12.1. The first-order valence-electron chi connectivity index (χ1n) is 5.25. The molecule has 0 aliphatic carbocycles. The highest BCUT2D eigenvalue weighted by molar-refractivity contribution is 6.36. The zero-order valence-corrected chi connectivity index (χ0v) is 9.41. The van der Waals surface area contributed by atoms with E-state index in [-0.39, 0.29) is 0 Å². The number of para-hydroxylation sites is 1. The van der Waals surface area contributed by atoms with Crippen molar-refractivity contribution >= 4 is 17.6 Å². The van der Waals surface area contributed by atoms with Crippen LogP contribution in [0.25, 0.3) is 0 Å². The van der Waals surface area contributed by atoms with E-state index in [1.807, 2.05) is 32.0 Å². The lowest BCUT2D eigenvalue weighted by atomic mass is 10.0. The molecular formula is C12H15NO3. The van der Waals surface area contributed by atoms with Gasteiger partial charge in [0.15, 0.2) is 0 Å². The van der Waals surface area contributed by atoms with Crippen molar-refractivity contribution in [2.45, 2.75) is 26.7 Å². The smallest absolute Gasteiger partial charge is 0.394 e. The van der Waals surface area contributed by atoms with E-state index in [9.17, 15) is 9.59 Å². The monoisotopic (exact) mass is 221 g/mol. The second kappa shape index (κ2) is 5.30. The van der Waals surface area contributed by atoms with Gasteiger partial charge in [0.2, 0.25) is 0 Å². The number of hydrogen-bond donors (Lipinski definition) is 2. The molecule has 0 bridgehead atoms. The number of amides is 1. The van der Waals surface area contributed by atoms with Gasteiger partial charge in [-0.15, -0.1) is 0 Å². The van der Waals surface area contributed by atoms with Gasteiger partial charge < -0.3 is 10.4 Å². The van der Waals surface area contributed by atoms with Crippen LogP contribution in [0.5, 0.6) is 0 Å². The molecule has 0 heterocycles. The van der Waals surface area contributed by atoms with Crippen LogP contribution in [0.3, 0.4) is 0 Å². The third-order valence-corrected chi connectivity index (χ3v) is 2.43. The first-order chi connectivity index (χ1) is 7.60. The Kier molecular flexibility index (Phi) is 4.05. The zero-order valence-electron chi connectivity index (χ0n) is 9.41. The minimum absolute atomic E-state index is 0.639. The fourth-order valence-corrected chi connectivity index (χ4v) is 1.57. The van der Waals surface area contributed by atoms with Crippen LogP contribution in [-0.4, -0.2) is 17.0 Å². The number of hydrogen-bond acceptors (Lipinski definition) is 2. The van der Waals surface area contributed by atoms with Crippen molar-refractivity contribution in [3.8, 4) is 0 Å². The average molecular weight is 221 g/mol. The number of nitrogens with one attached hydrogen (secondary N) is 1. The quantitative estimate of drug-likeness (QED) is 0.765. The summed E-state index contributed by atoms with van der Waals surface area (Å²) in [5.74, 6) is -2.46. The van der Waals surface area contributed by atoms with Crippen LogP contribution in [0.1, 0.15) is 25.0 Å². The van der Waals surface area contributed by atoms with Crippen molar-refractivity contribution in [1.82, 2.24) is 0 Å². The molecule has 1 aromatic carbocycles. The third-order valence-electron chi connectivity index (χ3n) is 2.43. The molecule has 0 atom stereocenters. The van der Waals surface area contributed by atoms with E-state index in [1.54, 1.807) is 0 Å². The van der Waals surface area contributed by atoms with Gasteiger partial charge in [-0.05, 0) is 24.0 Å². The lowest BCUT2D eigenvalue weighted by molar-refractivity contribution is -0.147. The number of aryl methyl sites for hydroxylation is 2. The summed E-state index contributed by atoms with van der Waals surface area (Å²) in [6.07, 6.45) is 1.51. The highest BCUT2D eigenvalue weighted by Crippen LogP contribution is 2.22. The van der Waals surface area contributed by atoms with E-state index in [2.05, 4.69) is 5.32 Å². The van der Waals surface area contributed by atoms with Crippen molar-refractivity contribution in [2.24, 2.45) is 0 Å². The third kappa shape index (κ3) is 2.59. The molecule has 0 aliphatic heterocycles. The maximum atomic E-state index is 11.1. The largest absolute Gasteiger partial charge is 0.474 e. The molecule has 1 amide bonds. The Hall–Kier alpha value is -1.84. The molecule has 0 aliphatic rings. The fraction of sp³-hybridized carbons (Fsp3) is 0.333. The van der Waals surface area contributed by atoms with Gasteiger partial charge in [-0.25, -0.2) is 4.79 Å². The summed E-state index contributed by atoms with van der Waals surface area (Å²) in [4.78, 5) is 21.6. The van der Waals surface area contributed by atoms with Crippen LogP contribution < -0.4 is 5.32 Å². The Balaban J connectivity index is 3.09. The average Bonchev–Trinajstić information content (AvgIpc) is 2.29. The summed E-state index contributed by atoms with van der Waals surface area (Å²) in [5, 5.41) is 11.0. The van der Waals surface area contributed by atoms with Crippen molar-refractivity contribution in [3.05, 3.63) is 29.3 Å². The molecule has 0 aromatic heterocycles. The van der Waals surface area contributed by atoms with Crippen LogP contribution in [0.4, 0.5) is 5.69 Å². The summed E-state index contributed by atoms with van der Waals surface area (Å²) < 4.78 is 0. The summed E-state index contributed by atoms with van der Waals surface area (Å²) in [7, 11) is 0. The van der Waals surface area contributed by atoms with Gasteiger partial charge in [-0.1, -0.05) is 32.0 Å². The SMILES string of the molecule is CCc1cccc(CC)c1NC(=O)C(=O)O. The van der Waals surface area contributed by atoms with Crippen LogP contribution in [0.2, 0.25) is 0 Å². The van der Waals surface area contributed by atoms with Crippen LogP contribution in [0, 0.1) is 0 Å². The molecule has 86 valence electrons. The molecule has 0 unspecified atom stereocenters. The number of carboxylic acids is 1. The minimum Gasteiger partial charge on any atom is -0.474 e. The molecule has 0 saturated heterocycles. The summed E-state index contributed by atoms with van der Waals surface area (Å²) in [5.41, 5.74) is 2.54. The maximum absolute atomic E-state index is 11.1. The van der Waals surface area contributed by atoms with E-state index in [1.165, 1.54) is 0 Å². The highest BCUT2D eigenvalue weighted by atomic mass is 16.4. The first kappa shape index (κ1) is 12.2. The Bertz CT molecular complexity index is 390. The molecule has 16 heavy (non-hydrogen) atoms. The van der Waals surface area contributed by atoms with Gasteiger partial charge in [0, 0.05) is 5.69 Å². The fourth-order valence-electron chi connectivity index (χ4n) is 1.57. The van der Waals surface area contributed by atoms with E-state index >= 15 is 0 Å². The predicted molar refractivity (Wildman–Crippen MR) is 61.5 cm³/mol. The minimum atomic E-state index is -1.46. The van der Waals surface area contributed by atoms with Gasteiger partial charge in [-0.3, -0.25) is 4.79 Å². The van der Waals surface area contributed by atoms with E-state index in [0.717, 1.165) is 24.0 Å². The van der Waals surface area contributed by atoms with E-state index < -0.39 is 11.9 Å². The molecule has 0 spiro atoms. The number of carbonyl (C=O) groups excluding carboxylic acids is 1. The standard InChI is InChI=1S/C12H15NO3/c1-3-8-6-5-7-9(4-2)10(8)13-11(14)12(15)16/h5-7H,3-4H2,1-2H3,(H,13,14)(H,15,16). The van der Waals surface area contributed by atoms with Crippen molar-refractivity contribution in [1.29, 1.82) is 0 Å². The second-order valence-electron chi connectivity index (χ2n) is 3.42. The lowest BCUT2D eigenvalue weighted by Crippen LogP contribution is -2.23. The molecular weight excluding hydrogens is 206 g/mol. The van der Waals surface area contributed by atoms with Crippen LogP contribution in [-0.2, 0) is 22.4 Å². The molecule has 4 heteroatoms. The highest BCUT2D eigenvalue weighted by Gasteiger charge is 2.14. The van der Waals surface area contributed by atoms with Crippen LogP contribution >= 0.6 is 0 Å². The molecule has 1 aromatic rings. The number of carbonyl (C=O) groups is 2. The Morgan fingerprint density at radius 3 is 2.06 bits per heavy atom. The Morgan fingerprint density at radius 1 is 1.19 bits per heavy atom. The number of carboxylic acid groups (broad SMARTS) is 1. The second-order valence-corrected chi connectivity index (χ2v) is 3.42. The van der Waals surface area contributed by atoms with Crippen LogP contribution in [0.15, 0.2) is 18.2 Å². The van der Waals surface area contributed by atoms with Gasteiger partial charge in [0.05, 0.1) is 0 Å². The van der Waals surface area contributed by atoms with Gasteiger partial charge in [0.1, 0.15) is 0 Å². The topological polar surface area (TPSA) is 66.4 Å². The predicted octanol–water partition coefficient (Wildman–Crippen LogP) is 1.83. The van der Waals surface area contributed by atoms with E-state index in [0.29, 0.717) is 5.69 Å². The summed E-state index contributed by atoms with van der Waals surface area (Å²) >= 11 is 0. The number of anilines is 1. The molecule has 1 rings (SSSR count). The number of rotatable bonds is 3. The maximum Gasteiger partial charge on any atom is 0.394 e. The molecule has 0 saturated carbocycles. The Labute approximate surface area is 94.3 Å². The molecule has 0 fully saturated rings. The number of aliphatic carboxylic acids is 1. The summed E-state index contributed by atoms with van der Waals surface area (Å²) in [6, 6.07) is 5.68. The van der Waals surface area contributed by atoms with Gasteiger partial charge >= 0.3 is 11.9 Å².